The maximum absolute atomic E-state index is 12.0. The van der Waals surface area contributed by atoms with Crippen LogP contribution >= 0.6 is 24.4 Å². The number of esters is 2. The second-order valence-corrected chi connectivity index (χ2v) is 12.4. The maximum atomic E-state index is 12.0. The second kappa shape index (κ2) is 11.7. The summed E-state index contributed by atoms with van der Waals surface area (Å²) in [7, 11) is 0. The number of carbonyl (C=O) groups is 2. The van der Waals surface area contributed by atoms with E-state index in [1.807, 2.05) is 20.1 Å². The lowest BCUT2D eigenvalue weighted by molar-refractivity contribution is -0.137. The first-order valence-corrected chi connectivity index (χ1v) is 13.6. The van der Waals surface area contributed by atoms with Gasteiger partial charge in [-0.2, -0.15) is 12.6 Å². The molecule has 0 saturated heterocycles. The Morgan fingerprint density at radius 2 is 1.15 bits per heavy atom. The van der Waals surface area contributed by atoms with Crippen molar-refractivity contribution in [2.24, 2.45) is 0 Å². The van der Waals surface area contributed by atoms with Crippen molar-refractivity contribution >= 4 is 58.3 Å². The predicted octanol–water partition coefficient (Wildman–Crippen LogP) is 5.86. The molecule has 0 fully saturated rings. The SMILES string of the molecule is CSC(C)(C)C(=O)Oc1ccc2c(C)cc(=O)oc2c1.Cc1cc(=O)oc2cc(OC(=O)C(C)(C)S)ccc12. The number of fused-ring (bicyclic) bond motifs is 2. The van der Waals surface area contributed by atoms with E-state index in [1.165, 1.54) is 30.0 Å². The molecule has 0 N–H and O–H groups in total. The van der Waals surface area contributed by atoms with Gasteiger partial charge in [-0.25, -0.2) is 9.59 Å². The Kier molecular flexibility index (Phi) is 9.02. The molecule has 2 aromatic heterocycles. The van der Waals surface area contributed by atoms with Crippen LogP contribution < -0.4 is 20.7 Å². The minimum absolute atomic E-state index is 0.327. The summed E-state index contributed by atoms with van der Waals surface area (Å²) in [4.78, 5) is 46.4. The molecular weight excluding hydrogens is 540 g/mol. The third kappa shape index (κ3) is 7.54. The summed E-state index contributed by atoms with van der Waals surface area (Å²) in [5.41, 5.74) is 1.62. The highest BCUT2D eigenvalue weighted by atomic mass is 32.2. The fourth-order valence-electron chi connectivity index (χ4n) is 3.28. The number of benzene rings is 2. The smallest absolute Gasteiger partial charge is 0.336 e. The standard InChI is InChI=1S/C15H16O4S.C14H14O4S/c1-9-7-13(16)19-12-8-10(5-6-11(9)12)18-14(17)15(2,3)20-4;1-8-6-12(15)18-11-7-9(4-5-10(8)11)17-13(16)14(2,3)19/h5-8H,1-4H3;4-7,19H,1-3H3. The van der Waals surface area contributed by atoms with E-state index in [9.17, 15) is 19.2 Å². The van der Waals surface area contributed by atoms with Crippen LogP contribution in [0.25, 0.3) is 21.9 Å². The molecule has 0 radical (unpaired) electrons. The second-order valence-electron chi connectivity index (χ2n) is 9.87. The zero-order valence-corrected chi connectivity index (χ0v) is 24.5. The van der Waals surface area contributed by atoms with Crippen LogP contribution in [-0.4, -0.2) is 27.7 Å². The lowest BCUT2D eigenvalue weighted by Gasteiger charge is -2.19. The van der Waals surface area contributed by atoms with Gasteiger partial charge < -0.3 is 18.3 Å². The molecule has 0 unspecified atom stereocenters. The van der Waals surface area contributed by atoms with Gasteiger partial charge in [0.05, 0.1) is 0 Å². The molecule has 10 heteroatoms. The molecule has 2 aromatic carbocycles. The molecular formula is C29H30O8S2. The van der Waals surface area contributed by atoms with Crippen LogP contribution in [0.5, 0.6) is 11.5 Å². The third-order valence-electron chi connectivity index (χ3n) is 5.77. The minimum atomic E-state index is -0.887. The summed E-state index contributed by atoms with van der Waals surface area (Å²) in [5, 5.41) is 1.64. The first kappa shape index (κ1) is 30.0. The lowest BCUT2D eigenvalue weighted by atomic mass is 10.1. The van der Waals surface area contributed by atoms with Gasteiger partial charge in [0, 0.05) is 35.0 Å². The van der Waals surface area contributed by atoms with Crippen LogP contribution in [-0.2, 0) is 9.59 Å². The number of thioether (sulfide) groups is 1. The fourth-order valence-corrected chi connectivity index (χ4v) is 3.54. The van der Waals surface area contributed by atoms with Gasteiger partial charge in [0.2, 0.25) is 0 Å². The number of thiol groups is 1. The average molecular weight is 571 g/mol. The molecule has 39 heavy (non-hydrogen) atoms. The summed E-state index contributed by atoms with van der Waals surface area (Å²) >= 11 is 5.55. The molecule has 0 aliphatic rings. The van der Waals surface area contributed by atoms with Gasteiger partial charge >= 0.3 is 23.2 Å². The molecule has 0 atom stereocenters. The number of rotatable bonds is 5. The predicted molar refractivity (Wildman–Crippen MR) is 156 cm³/mol. The maximum Gasteiger partial charge on any atom is 0.336 e. The molecule has 0 aliphatic carbocycles. The number of carbonyl (C=O) groups excluding carboxylic acids is 2. The van der Waals surface area contributed by atoms with Gasteiger partial charge in [-0.05, 0) is 83.2 Å². The van der Waals surface area contributed by atoms with Gasteiger partial charge in [-0.1, -0.05) is 0 Å². The Bertz CT molecular complexity index is 1660. The number of aryl methyl sites for hydroxylation is 2. The van der Waals surface area contributed by atoms with Crippen LogP contribution in [0.3, 0.4) is 0 Å². The Hall–Kier alpha value is -3.50. The van der Waals surface area contributed by atoms with Crippen molar-refractivity contribution in [1.29, 1.82) is 0 Å². The summed E-state index contributed by atoms with van der Waals surface area (Å²) in [5.74, 6) is -0.101. The third-order valence-corrected chi connectivity index (χ3v) is 7.14. The van der Waals surface area contributed by atoms with Crippen molar-refractivity contribution in [2.45, 2.75) is 51.0 Å². The van der Waals surface area contributed by atoms with E-state index in [1.54, 1.807) is 58.0 Å². The molecule has 4 rings (SSSR count). The van der Waals surface area contributed by atoms with Crippen LogP contribution in [0.2, 0.25) is 0 Å². The van der Waals surface area contributed by atoms with E-state index in [0.29, 0.717) is 22.7 Å². The monoisotopic (exact) mass is 570 g/mol. The fraction of sp³-hybridized carbons (Fsp3) is 0.310. The first-order valence-electron chi connectivity index (χ1n) is 11.9. The number of hydrogen-bond donors (Lipinski definition) is 1. The molecule has 4 aromatic rings. The number of hydrogen-bond acceptors (Lipinski definition) is 10. The summed E-state index contributed by atoms with van der Waals surface area (Å²) in [6.07, 6.45) is 1.85. The highest BCUT2D eigenvalue weighted by molar-refractivity contribution is 8.00. The molecule has 0 spiro atoms. The van der Waals surface area contributed by atoms with E-state index < -0.39 is 26.7 Å². The van der Waals surface area contributed by atoms with Crippen molar-refractivity contribution in [3.63, 3.8) is 0 Å². The van der Waals surface area contributed by atoms with Gasteiger partial charge in [0.25, 0.3) is 0 Å². The zero-order chi connectivity index (χ0) is 29.1. The minimum Gasteiger partial charge on any atom is -0.425 e. The summed E-state index contributed by atoms with van der Waals surface area (Å²) in [6, 6.07) is 12.8. The summed E-state index contributed by atoms with van der Waals surface area (Å²) in [6.45, 7) is 10.5. The van der Waals surface area contributed by atoms with Crippen molar-refractivity contribution in [3.05, 3.63) is 80.5 Å². The topological polar surface area (TPSA) is 113 Å². The van der Waals surface area contributed by atoms with E-state index in [4.69, 9.17) is 18.3 Å². The van der Waals surface area contributed by atoms with Crippen LogP contribution in [0.1, 0.15) is 38.8 Å². The number of ether oxygens (including phenoxy) is 2. The van der Waals surface area contributed by atoms with Gasteiger partial charge in [-0.3, -0.25) is 9.59 Å². The van der Waals surface area contributed by atoms with Crippen molar-refractivity contribution in [2.75, 3.05) is 6.26 Å². The molecule has 2 heterocycles. The van der Waals surface area contributed by atoms with E-state index >= 15 is 0 Å². The average Bonchev–Trinajstić information content (AvgIpc) is 2.83. The largest absolute Gasteiger partial charge is 0.425 e. The Morgan fingerprint density at radius 3 is 1.54 bits per heavy atom. The van der Waals surface area contributed by atoms with E-state index in [0.717, 1.165) is 21.9 Å². The zero-order valence-electron chi connectivity index (χ0n) is 22.7. The van der Waals surface area contributed by atoms with Gasteiger partial charge in [-0.15, -0.1) is 11.8 Å². The molecule has 0 saturated carbocycles. The van der Waals surface area contributed by atoms with E-state index in [2.05, 4.69) is 12.6 Å². The van der Waals surface area contributed by atoms with Crippen LogP contribution in [0.4, 0.5) is 0 Å². The van der Waals surface area contributed by atoms with Gasteiger partial charge in [0.15, 0.2) is 0 Å². The summed E-state index contributed by atoms with van der Waals surface area (Å²) < 4.78 is 19.2. The quantitative estimate of drug-likeness (QED) is 0.136. The molecule has 206 valence electrons. The molecule has 8 nitrogen and oxygen atoms in total. The van der Waals surface area contributed by atoms with E-state index in [-0.39, 0.29) is 5.97 Å². The van der Waals surface area contributed by atoms with Gasteiger partial charge in [0.1, 0.15) is 32.2 Å². The van der Waals surface area contributed by atoms with Crippen LogP contribution in [0, 0.1) is 13.8 Å². The molecule has 0 amide bonds. The highest BCUT2D eigenvalue weighted by Crippen LogP contribution is 2.27. The highest BCUT2D eigenvalue weighted by Gasteiger charge is 2.29. The van der Waals surface area contributed by atoms with Crippen molar-refractivity contribution in [3.8, 4) is 11.5 Å². The molecule has 0 bridgehead atoms. The van der Waals surface area contributed by atoms with Crippen molar-refractivity contribution < 1.29 is 27.9 Å². The Labute approximate surface area is 235 Å². The molecule has 0 aliphatic heterocycles. The Morgan fingerprint density at radius 1 is 0.744 bits per heavy atom. The Balaban J connectivity index is 0.000000216. The normalized spacial score (nSPS) is 11.6. The lowest BCUT2D eigenvalue weighted by Crippen LogP contribution is -2.31. The van der Waals surface area contributed by atoms with Crippen LogP contribution in [0.15, 0.2) is 67.0 Å². The first-order chi connectivity index (χ1) is 18.1. The van der Waals surface area contributed by atoms with Crippen molar-refractivity contribution in [1.82, 2.24) is 0 Å².